The average molecular weight is 253 g/mol. The summed E-state index contributed by atoms with van der Waals surface area (Å²) < 4.78 is 31.3. The molecule has 0 spiro atoms. The van der Waals surface area contributed by atoms with E-state index in [0.29, 0.717) is 5.39 Å². The smallest absolute Gasteiger partial charge is 0.335 e. The number of hydrogen-bond acceptors (Lipinski definition) is 4. The van der Waals surface area contributed by atoms with Crippen molar-refractivity contribution in [1.82, 2.24) is 4.98 Å². The van der Waals surface area contributed by atoms with E-state index in [9.17, 15) is 13.2 Å². The monoisotopic (exact) mass is 253 g/mol. The molecule has 1 aromatic carbocycles. The minimum atomic E-state index is -4.51. The molecule has 2 rings (SSSR count). The van der Waals surface area contributed by atoms with Gasteiger partial charge in [-0.25, -0.2) is 4.79 Å². The van der Waals surface area contributed by atoms with E-state index in [1.165, 1.54) is 18.3 Å². The fraction of sp³-hybridized carbons (Fsp3) is 0. The van der Waals surface area contributed by atoms with Gasteiger partial charge in [0.15, 0.2) is 0 Å². The molecule has 0 unspecified atom stereocenters. The first-order valence-electron chi connectivity index (χ1n) is 4.49. The van der Waals surface area contributed by atoms with Crippen molar-refractivity contribution in [3.63, 3.8) is 0 Å². The van der Waals surface area contributed by atoms with Crippen LogP contribution in [0.4, 0.5) is 0 Å². The lowest BCUT2D eigenvalue weighted by atomic mass is 10.1. The molecule has 1 heterocycles. The Morgan fingerprint density at radius 3 is 2.59 bits per heavy atom. The Hall–Kier alpha value is -1.99. The molecule has 0 fully saturated rings. The Kier molecular flexibility index (Phi) is 2.56. The van der Waals surface area contributed by atoms with Crippen molar-refractivity contribution >= 4 is 27.0 Å². The summed E-state index contributed by atoms with van der Waals surface area (Å²) in [5.74, 6) is -1.28. The number of fused-ring (bicyclic) bond motifs is 1. The molecule has 2 aromatic rings. The summed E-state index contributed by atoms with van der Waals surface area (Å²) in [6.45, 7) is 0. The highest BCUT2D eigenvalue weighted by molar-refractivity contribution is 7.86. The molecule has 0 aliphatic heterocycles. The van der Waals surface area contributed by atoms with E-state index in [1.54, 1.807) is 6.07 Å². The zero-order valence-electron chi connectivity index (χ0n) is 8.36. The van der Waals surface area contributed by atoms with Gasteiger partial charge in [-0.05, 0) is 18.2 Å². The minimum Gasteiger partial charge on any atom is -0.478 e. The van der Waals surface area contributed by atoms with Crippen LogP contribution in [0.1, 0.15) is 10.4 Å². The number of nitrogens with zero attached hydrogens (tertiary/aromatic N) is 1. The van der Waals surface area contributed by atoms with Crippen molar-refractivity contribution in [3.05, 3.63) is 36.0 Å². The average Bonchev–Trinajstić information content (AvgIpc) is 2.26. The number of carbonyl (C=O) groups is 1. The van der Waals surface area contributed by atoms with Crippen molar-refractivity contribution in [2.75, 3.05) is 0 Å². The Morgan fingerprint density at radius 2 is 2.00 bits per heavy atom. The van der Waals surface area contributed by atoms with Crippen LogP contribution in [0.5, 0.6) is 0 Å². The normalized spacial score (nSPS) is 11.6. The first kappa shape index (κ1) is 11.5. The third kappa shape index (κ3) is 2.10. The third-order valence-corrected chi connectivity index (χ3v) is 3.06. The Balaban J connectivity index is 2.93. The van der Waals surface area contributed by atoms with Crippen LogP contribution in [-0.2, 0) is 10.1 Å². The van der Waals surface area contributed by atoms with E-state index in [1.807, 2.05) is 0 Å². The molecular weight excluding hydrogens is 246 g/mol. The van der Waals surface area contributed by atoms with Crippen LogP contribution in [-0.4, -0.2) is 29.0 Å². The first-order valence-corrected chi connectivity index (χ1v) is 5.93. The van der Waals surface area contributed by atoms with E-state index in [2.05, 4.69) is 4.98 Å². The van der Waals surface area contributed by atoms with E-state index in [-0.39, 0.29) is 11.1 Å². The molecule has 7 heteroatoms. The van der Waals surface area contributed by atoms with Gasteiger partial charge in [0.2, 0.25) is 0 Å². The van der Waals surface area contributed by atoms with Gasteiger partial charge in [-0.2, -0.15) is 8.42 Å². The zero-order chi connectivity index (χ0) is 12.6. The first-order chi connectivity index (χ1) is 7.89. The van der Waals surface area contributed by atoms with Crippen molar-refractivity contribution < 1.29 is 22.9 Å². The molecule has 0 aliphatic rings. The number of carboxylic acid groups (broad SMARTS) is 1. The number of aromatic nitrogens is 1. The van der Waals surface area contributed by atoms with Crippen LogP contribution in [0.3, 0.4) is 0 Å². The standard InChI is InChI=1S/C10H7NO5S/c12-10(13)7-4-6-2-1-3-11-9(6)8(5-7)17(14,15)16/h1-5H,(H,12,13)(H,14,15,16). The van der Waals surface area contributed by atoms with Crippen molar-refractivity contribution in [2.45, 2.75) is 4.90 Å². The molecule has 0 atom stereocenters. The maximum atomic E-state index is 11.1. The summed E-state index contributed by atoms with van der Waals surface area (Å²) in [5, 5.41) is 9.17. The predicted octanol–water partition coefficient (Wildman–Crippen LogP) is 1.18. The molecule has 0 saturated carbocycles. The number of pyridine rings is 1. The van der Waals surface area contributed by atoms with E-state index in [4.69, 9.17) is 9.66 Å². The lowest BCUT2D eigenvalue weighted by Gasteiger charge is -2.04. The van der Waals surface area contributed by atoms with Gasteiger partial charge in [0.25, 0.3) is 10.1 Å². The Bertz CT molecular complexity index is 708. The molecule has 0 saturated heterocycles. The van der Waals surface area contributed by atoms with Gasteiger partial charge >= 0.3 is 5.97 Å². The third-order valence-electron chi connectivity index (χ3n) is 2.19. The number of aromatic carboxylic acids is 1. The second-order valence-corrected chi connectivity index (χ2v) is 4.72. The van der Waals surface area contributed by atoms with Gasteiger partial charge in [0.1, 0.15) is 4.90 Å². The molecule has 0 aliphatic carbocycles. The quantitative estimate of drug-likeness (QED) is 0.778. The van der Waals surface area contributed by atoms with Gasteiger partial charge in [-0.15, -0.1) is 0 Å². The van der Waals surface area contributed by atoms with Crippen molar-refractivity contribution in [1.29, 1.82) is 0 Å². The molecule has 2 N–H and O–H groups in total. The van der Waals surface area contributed by atoms with Crippen LogP contribution in [0.15, 0.2) is 35.4 Å². The van der Waals surface area contributed by atoms with Gasteiger partial charge in [0, 0.05) is 11.6 Å². The largest absolute Gasteiger partial charge is 0.478 e. The summed E-state index contributed by atoms with van der Waals surface area (Å²) in [4.78, 5) is 14.1. The molecule has 0 radical (unpaired) electrons. The number of hydrogen-bond donors (Lipinski definition) is 2. The Labute approximate surface area is 96.3 Å². The number of benzene rings is 1. The summed E-state index contributed by atoms with van der Waals surface area (Å²) in [6.07, 6.45) is 1.36. The second kappa shape index (κ2) is 3.79. The van der Waals surface area contributed by atoms with E-state index < -0.39 is 21.0 Å². The maximum absolute atomic E-state index is 11.1. The van der Waals surface area contributed by atoms with E-state index in [0.717, 1.165) is 6.07 Å². The number of rotatable bonds is 2. The Morgan fingerprint density at radius 1 is 1.29 bits per heavy atom. The number of carboxylic acids is 1. The summed E-state index contributed by atoms with van der Waals surface area (Å²) in [5.41, 5.74) is -0.182. The fourth-order valence-electron chi connectivity index (χ4n) is 1.48. The van der Waals surface area contributed by atoms with Crippen LogP contribution in [0.25, 0.3) is 10.9 Å². The highest BCUT2D eigenvalue weighted by Gasteiger charge is 2.18. The zero-order valence-corrected chi connectivity index (χ0v) is 9.18. The highest BCUT2D eigenvalue weighted by atomic mass is 32.2. The molecule has 0 bridgehead atoms. The van der Waals surface area contributed by atoms with Crippen LogP contribution >= 0.6 is 0 Å². The maximum Gasteiger partial charge on any atom is 0.335 e. The van der Waals surface area contributed by atoms with Crippen molar-refractivity contribution in [3.8, 4) is 0 Å². The SMILES string of the molecule is O=C(O)c1cc(S(=O)(=O)O)c2ncccc2c1. The minimum absolute atomic E-state index is 0.0417. The molecule has 0 amide bonds. The summed E-state index contributed by atoms with van der Waals surface area (Å²) in [7, 11) is -4.51. The lowest BCUT2D eigenvalue weighted by molar-refractivity contribution is 0.0697. The molecule has 88 valence electrons. The topological polar surface area (TPSA) is 105 Å². The van der Waals surface area contributed by atoms with Crippen molar-refractivity contribution in [2.24, 2.45) is 0 Å². The lowest BCUT2D eigenvalue weighted by Crippen LogP contribution is -2.04. The highest BCUT2D eigenvalue weighted by Crippen LogP contribution is 2.23. The van der Waals surface area contributed by atoms with Crippen LogP contribution < -0.4 is 0 Å². The molecule has 17 heavy (non-hydrogen) atoms. The van der Waals surface area contributed by atoms with Gasteiger partial charge < -0.3 is 5.11 Å². The molecule has 6 nitrogen and oxygen atoms in total. The van der Waals surface area contributed by atoms with Gasteiger partial charge in [-0.3, -0.25) is 9.54 Å². The van der Waals surface area contributed by atoms with E-state index >= 15 is 0 Å². The summed E-state index contributed by atoms with van der Waals surface area (Å²) in [6, 6.07) is 5.23. The van der Waals surface area contributed by atoms with Gasteiger partial charge in [-0.1, -0.05) is 6.07 Å². The molecular formula is C10H7NO5S. The molecule has 1 aromatic heterocycles. The van der Waals surface area contributed by atoms with Gasteiger partial charge in [0.05, 0.1) is 11.1 Å². The second-order valence-electron chi connectivity index (χ2n) is 3.33. The predicted molar refractivity (Wildman–Crippen MR) is 58.5 cm³/mol. The summed E-state index contributed by atoms with van der Waals surface area (Å²) >= 11 is 0. The fourth-order valence-corrected chi connectivity index (χ4v) is 2.17. The van der Waals surface area contributed by atoms with Crippen LogP contribution in [0.2, 0.25) is 0 Å². The van der Waals surface area contributed by atoms with Crippen LogP contribution in [0, 0.1) is 0 Å².